The molecule has 0 radical (unpaired) electrons. The number of halogens is 1. The fourth-order valence-electron chi connectivity index (χ4n) is 2.40. The molecule has 1 aliphatic heterocycles. The quantitative estimate of drug-likeness (QED) is 0.733. The normalized spacial score (nSPS) is 15.9. The predicted octanol–water partition coefficient (Wildman–Crippen LogP) is 2.38. The average molecular weight is 386 g/mol. The summed E-state index contributed by atoms with van der Waals surface area (Å²) in [7, 11) is 0. The molecule has 0 bridgehead atoms. The van der Waals surface area contributed by atoms with Gasteiger partial charge in [-0.05, 0) is 47.2 Å². The standard InChI is InChI=1S/C15H19IN2O2/c1-2-14(19)17-7-4-8-18(10-9-17)15(20)12-5-3-6-13(16)11-12/h3,5-6,11H,2,4,7-10H2,1H3. The lowest BCUT2D eigenvalue weighted by Crippen LogP contribution is -2.37. The number of rotatable bonds is 2. The zero-order valence-electron chi connectivity index (χ0n) is 11.6. The number of hydrogen-bond donors (Lipinski definition) is 0. The fraction of sp³-hybridized carbons (Fsp3) is 0.467. The first-order chi connectivity index (χ1) is 9.61. The van der Waals surface area contributed by atoms with Crippen LogP contribution in [0.4, 0.5) is 0 Å². The lowest BCUT2D eigenvalue weighted by molar-refractivity contribution is -0.130. The van der Waals surface area contributed by atoms with Crippen molar-refractivity contribution >= 4 is 34.4 Å². The molecule has 108 valence electrons. The summed E-state index contributed by atoms with van der Waals surface area (Å²) < 4.78 is 1.06. The lowest BCUT2D eigenvalue weighted by atomic mass is 10.2. The molecule has 0 aromatic heterocycles. The maximum atomic E-state index is 12.5. The van der Waals surface area contributed by atoms with Crippen molar-refractivity contribution in [3.63, 3.8) is 0 Å². The second-order valence-electron chi connectivity index (χ2n) is 4.89. The van der Waals surface area contributed by atoms with Gasteiger partial charge in [-0.3, -0.25) is 9.59 Å². The summed E-state index contributed by atoms with van der Waals surface area (Å²) in [6, 6.07) is 7.63. The van der Waals surface area contributed by atoms with E-state index in [-0.39, 0.29) is 11.8 Å². The molecular formula is C15H19IN2O2. The molecule has 1 aliphatic rings. The minimum Gasteiger partial charge on any atom is -0.341 e. The maximum absolute atomic E-state index is 12.5. The molecule has 4 nitrogen and oxygen atoms in total. The molecule has 2 amide bonds. The highest BCUT2D eigenvalue weighted by atomic mass is 127. The number of nitrogens with zero attached hydrogens (tertiary/aromatic N) is 2. The predicted molar refractivity (Wildman–Crippen MR) is 86.6 cm³/mol. The summed E-state index contributed by atoms with van der Waals surface area (Å²) in [6.07, 6.45) is 1.38. The molecule has 1 fully saturated rings. The number of amides is 2. The van der Waals surface area contributed by atoms with Gasteiger partial charge in [0.15, 0.2) is 0 Å². The summed E-state index contributed by atoms with van der Waals surface area (Å²) in [5.74, 6) is 0.239. The summed E-state index contributed by atoms with van der Waals surface area (Å²) in [6.45, 7) is 4.61. The second-order valence-corrected chi connectivity index (χ2v) is 6.14. The van der Waals surface area contributed by atoms with Crippen LogP contribution in [0.3, 0.4) is 0 Å². The summed E-state index contributed by atoms with van der Waals surface area (Å²) in [5.41, 5.74) is 0.729. The summed E-state index contributed by atoms with van der Waals surface area (Å²) in [5, 5.41) is 0. The Balaban J connectivity index is 2.03. The number of benzene rings is 1. The van der Waals surface area contributed by atoms with Crippen molar-refractivity contribution in [2.24, 2.45) is 0 Å². The van der Waals surface area contributed by atoms with E-state index in [0.29, 0.717) is 19.5 Å². The third-order valence-corrected chi connectivity index (χ3v) is 4.18. The van der Waals surface area contributed by atoms with Crippen molar-refractivity contribution in [3.8, 4) is 0 Å². The monoisotopic (exact) mass is 386 g/mol. The first kappa shape index (κ1) is 15.3. The average Bonchev–Trinajstić information content (AvgIpc) is 2.71. The zero-order valence-corrected chi connectivity index (χ0v) is 13.8. The van der Waals surface area contributed by atoms with Gasteiger partial charge >= 0.3 is 0 Å². The van der Waals surface area contributed by atoms with Crippen LogP contribution in [0.5, 0.6) is 0 Å². The van der Waals surface area contributed by atoms with Crippen LogP contribution in [-0.2, 0) is 4.79 Å². The van der Waals surface area contributed by atoms with Crippen LogP contribution >= 0.6 is 22.6 Å². The van der Waals surface area contributed by atoms with Crippen LogP contribution in [0.15, 0.2) is 24.3 Å². The Kier molecular flexibility index (Phi) is 5.39. The molecule has 0 atom stereocenters. The van der Waals surface area contributed by atoms with Gasteiger partial charge in [0.2, 0.25) is 5.91 Å². The van der Waals surface area contributed by atoms with Gasteiger partial charge in [-0.15, -0.1) is 0 Å². The van der Waals surface area contributed by atoms with Gasteiger partial charge in [-0.1, -0.05) is 13.0 Å². The Labute approximate surface area is 133 Å². The van der Waals surface area contributed by atoms with Crippen molar-refractivity contribution in [2.45, 2.75) is 19.8 Å². The van der Waals surface area contributed by atoms with Gasteiger partial charge in [0.1, 0.15) is 0 Å². The van der Waals surface area contributed by atoms with Crippen LogP contribution in [0.25, 0.3) is 0 Å². The van der Waals surface area contributed by atoms with Gasteiger partial charge in [-0.2, -0.15) is 0 Å². The van der Waals surface area contributed by atoms with Gasteiger partial charge < -0.3 is 9.80 Å². The fourth-order valence-corrected chi connectivity index (χ4v) is 2.94. The van der Waals surface area contributed by atoms with Crippen LogP contribution in [0, 0.1) is 3.57 Å². The minimum atomic E-state index is 0.0642. The Morgan fingerprint density at radius 3 is 2.55 bits per heavy atom. The van der Waals surface area contributed by atoms with Crippen LogP contribution in [0.1, 0.15) is 30.1 Å². The minimum absolute atomic E-state index is 0.0642. The Morgan fingerprint density at radius 2 is 1.85 bits per heavy atom. The Morgan fingerprint density at radius 1 is 1.15 bits per heavy atom. The largest absolute Gasteiger partial charge is 0.341 e. The number of hydrogen-bond acceptors (Lipinski definition) is 2. The molecule has 0 N–H and O–H groups in total. The third kappa shape index (κ3) is 3.71. The van der Waals surface area contributed by atoms with Crippen molar-refractivity contribution < 1.29 is 9.59 Å². The number of carbonyl (C=O) groups excluding carboxylic acids is 2. The van der Waals surface area contributed by atoms with Gasteiger partial charge in [-0.25, -0.2) is 0 Å². The van der Waals surface area contributed by atoms with E-state index in [1.807, 2.05) is 41.0 Å². The van der Waals surface area contributed by atoms with Gasteiger partial charge in [0.05, 0.1) is 0 Å². The van der Waals surface area contributed by atoms with Crippen molar-refractivity contribution in [1.82, 2.24) is 9.80 Å². The molecule has 1 heterocycles. The van der Waals surface area contributed by atoms with E-state index in [0.717, 1.165) is 28.6 Å². The van der Waals surface area contributed by atoms with Crippen LogP contribution in [-0.4, -0.2) is 47.8 Å². The number of carbonyl (C=O) groups is 2. The van der Waals surface area contributed by atoms with E-state index < -0.39 is 0 Å². The van der Waals surface area contributed by atoms with E-state index in [9.17, 15) is 9.59 Å². The van der Waals surface area contributed by atoms with Crippen molar-refractivity contribution in [1.29, 1.82) is 0 Å². The van der Waals surface area contributed by atoms with Gasteiger partial charge in [0, 0.05) is 41.7 Å². The molecule has 20 heavy (non-hydrogen) atoms. The molecule has 0 spiro atoms. The van der Waals surface area contributed by atoms with E-state index in [1.165, 1.54) is 0 Å². The summed E-state index contributed by atoms with van der Waals surface area (Å²) >= 11 is 2.21. The Bertz CT molecular complexity index is 504. The highest BCUT2D eigenvalue weighted by molar-refractivity contribution is 14.1. The second kappa shape index (κ2) is 7.06. The van der Waals surface area contributed by atoms with Gasteiger partial charge in [0.25, 0.3) is 5.91 Å². The molecule has 2 rings (SSSR count). The van der Waals surface area contributed by atoms with E-state index in [2.05, 4.69) is 22.6 Å². The molecule has 1 saturated heterocycles. The smallest absolute Gasteiger partial charge is 0.253 e. The topological polar surface area (TPSA) is 40.6 Å². The maximum Gasteiger partial charge on any atom is 0.253 e. The molecule has 0 unspecified atom stereocenters. The van der Waals surface area contributed by atoms with Crippen molar-refractivity contribution in [2.75, 3.05) is 26.2 Å². The molecular weight excluding hydrogens is 367 g/mol. The molecule has 1 aromatic rings. The SMILES string of the molecule is CCC(=O)N1CCCN(C(=O)c2cccc(I)c2)CC1. The molecule has 0 aliphatic carbocycles. The third-order valence-electron chi connectivity index (χ3n) is 3.51. The highest BCUT2D eigenvalue weighted by Crippen LogP contribution is 2.13. The molecule has 1 aromatic carbocycles. The molecule has 0 saturated carbocycles. The van der Waals surface area contributed by atoms with E-state index >= 15 is 0 Å². The van der Waals surface area contributed by atoms with E-state index in [1.54, 1.807) is 0 Å². The lowest BCUT2D eigenvalue weighted by Gasteiger charge is -2.22. The first-order valence-electron chi connectivity index (χ1n) is 6.94. The van der Waals surface area contributed by atoms with Crippen LogP contribution < -0.4 is 0 Å². The Hall–Kier alpha value is -1.11. The van der Waals surface area contributed by atoms with E-state index in [4.69, 9.17) is 0 Å². The van der Waals surface area contributed by atoms with Crippen molar-refractivity contribution in [3.05, 3.63) is 33.4 Å². The first-order valence-corrected chi connectivity index (χ1v) is 8.02. The zero-order chi connectivity index (χ0) is 14.5. The highest BCUT2D eigenvalue weighted by Gasteiger charge is 2.22. The summed E-state index contributed by atoms with van der Waals surface area (Å²) in [4.78, 5) is 27.9. The molecule has 5 heteroatoms. The van der Waals surface area contributed by atoms with Crippen LogP contribution in [0.2, 0.25) is 0 Å².